The molecule has 0 unspecified atom stereocenters. The van der Waals surface area contributed by atoms with Crippen LogP contribution >= 0.6 is 0 Å². The van der Waals surface area contributed by atoms with E-state index in [-0.39, 0.29) is 0 Å². The Morgan fingerprint density at radius 3 is 1.05 bits per heavy atom. The van der Waals surface area contributed by atoms with E-state index in [1.54, 1.807) is 0 Å². The molecular weight excluding hydrogens is 797 g/mol. The molecule has 66 heavy (non-hydrogen) atoms. The maximum atomic E-state index is 2.45. The lowest BCUT2D eigenvalue weighted by molar-refractivity contribution is 0.865. The van der Waals surface area contributed by atoms with Crippen molar-refractivity contribution in [1.82, 2.24) is 0 Å². The molecule has 0 radical (unpaired) electrons. The third kappa shape index (κ3) is 7.43. The highest BCUT2D eigenvalue weighted by molar-refractivity contribution is 6.12. The highest BCUT2D eigenvalue weighted by Crippen LogP contribution is 2.52. The largest absolute Gasteiger partial charge is 0.310 e. The van der Waals surface area contributed by atoms with Gasteiger partial charge in [-0.15, -0.1) is 0 Å². The van der Waals surface area contributed by atoms with E-state index >= 15 is 0 Å². The first-order chi connectivity index (χ1) is 32.2. The van der Waals surface area contributed by atoms with Crippen molar-refractivity contribution in [2.75, 3.05) is 9.80 Å². The Hall–Kier alpha value is -7.68. The second-order valence-corrected chi connectivity index (χ2v) is 18.8. The maximum absolute atomic E-state index is 2.45. The van der Waals surface area contributed by atoms with E-state index in [9.17, 15) is 0 Å². The Balaban J connectivity index is 1.01. The highest BCUT2D eigenvalue weighted by Gasteiger charge is 2.26. The second kappa shape index (κ2) is 16.7. The number of nitrogens with zero attached hydrogens (tertiary/aromatic N) is 2. The van der Waals surface area contributed by atoms with Crippen molar-refractivity contribution < 1.29 is 0 Å². The molecule has 0 spiro atoms. The van der Waals surface area contributed by atoms with Crippen LogP contribution in [0.5, 0.6) is 0 Å². The van der Waals surface area contributed by atoms with Crippen LogP contribution in [0.4, 0.5) is 34.1 Å². The van der Waals surface area contributed by atoms with Crippen molar-refractivity contribution in [2.24, 2.45) is 0 Å². The van der Waals surface area contributed by atoms with E-state index in [1.165, 1.54) is 99.7 Å². The topological polar surface area (TPSA) is 6.48 Å². The van der Waals surface area contributed by atoms with Crippen molar-refractivity contribution in [2.45, 2.75) is 53.4 Å². The molecule has 2 heteroatoms. The van der Waals surface area contributed by atoms with Crippen LogP contribution in [0.2, 0.25) is 0 Å². The lowest BCUT2D eigenvalue weighted by Crippen LogP contribution is -2.12. The third-order valence-electron chi connectivity index (χ3n) is 13.7. The molecule has 0 fully saturated rings. The van der Waals surface area contributed by atoms with E-state index in [2.05, 4.69) is 258 Å². The normalized spacial score (nSPS) is 11.8. The Labute approximate surface area is 390 Å². The quantitative estimate of drug-likeness (QED) is 0.135. The van der Waals surface area contributed by atoms with Gasteiger partial charge in [0.1, 0.15) is 0 Å². The first kappa shape index (κ1) is 41.1. The van der Waals surface area contributed by atoms with Crippen LogP contribution in [-0.2, 0) is 0 Å². The fraction of sp³-hybridized carbons (Fsp3) is 0.125. The fourth-order valence-electron chi connectivity index (χ4n) is 9.89. The van der Waals surface area contributed by atoms with E-state index in [1.807, 2.05) is 0 Å². The number of fused-ring (bicyclic) bond motifs is 6. The van der Waals surface area contributed by atoms with E-state index in [4.69, 9.17) is 0 Å². The van der Waals surface area contributed by atoms with E-state index in [0.717, 1.165) is 22.7 Å². The monoisotopic (exact) mass is 850 g/mol. The van der Waals surface area contributed by atoms with Crippen molar-refractivity contribution in [1.29, 1.82) is 0 Å². The van der Waals surface area contributed by atoms with Crippen molar-refractivity contribution in [3.8, 4) is 44.5 Å². The average molecular weight is 851 g/mol. The summed E-state index contributed by atoms with van der Waals surface area (Å²) < 4.78 is 0. The van der Waals surface area contributed by atoms with Crippen molar-refractivity contribution >= 4 is 55.7 Å². The van der Waals surface area contributed by atoms with Crippen molar-refractivity contribution in [3.05, 3.63) is 229 Å². The zero-order chi connectivity index (χ0) is 45.1. The third-order valence-corrected chi connectivity index (χ3v) is 13.7. The van der Waals surface area contributed by atoms with Gasteiger partial charge in [0.05, 0.1) is 0 Å². The summed E-state index contributed by atoms with van der Waals surface area (Å²) in [5, 5.41) is 4.96. The van der Waals surface area contributed by atoms with Crippen LogP contribution in [0.25, 0.3) is 66.1 Å². The van der Waals surface area contributed by atoms with Gasteiger partial charge in [0, 0.05) is 34.1 Å². The molecule has 2 nitrogen and oxygen atoms in total. The smallest absolute Gasteiger partial charge is 0.0493 e. The number of anilines is 6. The Kier molecular flexibility index (Phi) is 10.4. The lowest BCUT2D eigenvalue weighted by atomic mass is 9.78. The minimum Gasteiger partial charge on any atom is -0.310 e. The van der Waals surface area contributed by atoms with Gasteiger partial charge >= 0.3 is 0 Å². The van der Waals surface area contributed by atoms with Crippen LogP contribution in [0.1, 0.15) is 61.8 Å². The van der Waals surface area contributed by atoms with Gasteiger partial charge in [-0.2, -0.15) is 0 Å². The molecule has 1 aliphatic carbocycles. The van der Waals surface area contributed by atoms with Gasteiger partial charge in [0.2, 0.25) is 0 Å². The minimum absolute atomic E-state index is 0.415. The summed E-state index contributed by atoms with van der Waals surface area (Å²) in [5.41, 5.74) is 22.2. The standard InChI is InChI=1S/C64H54N2/c1-41(2)47-25-23-43(5)63(39-47)65(55-21-13-19-49(31-55)45-15-9-7-10-16-45)57-29-27-51-35-59-60-36-52-28-30-58(34-54(52)38-62(60)61(59)37-53(51)33-57)66(64-40-48(42(3)4)26-24-44(64)6)56-22-14-20-50(32-56)46-17-11-8-12-18-46/h7-42H,1-6H3. The molecule has 320 valence electrons. The molecule has 0 N–H and O–H groups in total. The number of hydrogen-bond acceptors (Lipinski definition) is 2. The number of benzene rings is 10. The maximum Gasteiger partial charge on any atom is 0.0493 e. The summed E-state index contributed by atoms with van der Waals surface area (Å²) in [6.07, 6.45) is 0. The van der Waals surface area contributed by atoms with Crippen molar-refractivity contribution in [3.63, 3.8) is 0 Å². The zero-order valence-corrected chi connectivity index (χ0v) is 38.7. The molecule has 0 bridgehead atoms. The minimum atomic E-state index is 0.415. The molecule has 0 saturated carbocycles. The second-order valence-electron chi connectivity index (χ2n) is 18.8. The first-order valence-corrected chi connectivity index (χ1v) is 23.5. The summed E-state index contributed by atoms with van der Waals surface area (Å²) in [5.74, 6) is 0.831. The Morgan fingerprint density at radius 1 is 0.288 bits per heavy atom. The number of hydrogen-bond donors (Lipinski definition) is 0. The molecule has 0 aromatic heterocycles. The zero-order valence-electron chi connectivity index (χ0n) is 38.7. The van der Waals surface area contributed by atoms with Gasteiger partial charge in [-0.3, -0.25) is 0 Å². The molecule has 11 rings (SSSR count). The summed E-state index contributed by atoms with van der Waals surface area (Å²) >= 11 is 0. The van der Waals surface area contributed by atoms with Gasteiger partial charge in [-0.1, -0.05) is 149 Å². The van der Waals surface area contributed by atoms with Crippen LogP contribution in [0.15, 0.2) is 206 Å². The molecule has 0 atom stereocenters. The molecule has 0 saturated heterocycles. The van der Waals surface area contributed by atoms with Crippen LogP contribution in [0, 0.1) is 13.8 Å². The Morgan fingerprint density at radius 2 is 0.652 bits per heavy atom. The average Bonchev–Trinajstić information content (AvgIpc) is 3.35. The number of aryl methyl sites for hydroxylation is 2. The van der Waals surface area contributed by atoms with Gasteiger partial charge in [0.15, 0.2) is 0 Å². The predicted molar refractivity (Wildman–Crippen MR) is 284 cm³/mol. The van der Waals surface area contributed by atoms with Crippen LogP contribution in [-0.4, -0.2) is 0 Å². The summed E-state index contributed by atoms with van der Waals surface area (Å²) in [4.78, 5) is 4.91. The van der Waals surface area contributed by atoms with E-state index in [0.29, 0.717) is 11.8 Å². The van der Waals surface area contributed by atoms with E-state index < -0.39 is 0 Å². The SMILES string of the molecule is Cc1ccc(C(C)C)cc1N(c1cccc(-c2ccccc2)c1)c1ccc2cc3c(cc2c1)-c1cc2cc(N(c4cccc(-c5ccccc5)c4)c4cc(C(C)C)ccc4C)ccc2cc1-3. The lowest BCUT2D eigenvalue weighted by Gasteiger charge is -2.30. The van der Waals surface area contributed by atoms with Gasteiger partial charge in [-0.05, 0) is 199 Å². The summed E-state index contributed by atoms with van der Waals surface area (Å²) in [6, 6.07) is 76.8. The Bertz CT molecular complexity index is 3220. The summed E-state index contributed by atoms with van der Waals surface area (Å²) in [6.45, 7) is 13.6. The van der Waals surface area contributed by atoms with Gasteiger partial charge < -0.3 is 9.80 Å². The first-order valence-electron chi connectivity index (χ1n) is 23.5. The molecule has 1 aliphatic rings. The highest BCUT2D eigenvalue weighted by atomic mass is 15.1. The molecular formula is C64H54N2. The molecule has 10 aromatic carbocycles. The predicted octanol–water partition coefficient (Wildman–Crippen LogP) is 18.8. The fourth-order valence-corrected chi connectivity index (χ4v) is 9.89. The molecule has 10 aromatic rings. The molecule has 0 amide bonds. The van der Waals surface area contributed by atoms with Gasteiger partial charge in [0.25, 0.3) is 0 Å². The summed E-state index contributed by atoms with van der Waals surface area (Å²) in [7, 11) is 0. The molecule has 0 aliphatic heterocycles. The van der Waals surface area contributed by atoms with Crippen LogP contribution < -0.4 is 9.80 Å². The molecule has 0 heterocycles. The number of rotatable bonds is 10. The van der Waals surface area contributed by atoms with Gasteiger partial charge in [-0.25, -0.2) is 0 Å². The van der Waals surface area contributed by atoms with Crippen LogP contribution in [0.3, 0.4) is 0 Å².